The third-order valence-electron chi connectivity index (χ3n) is 2.86. The molecule has 19 heavy (non-hydrogen) atoms. The van der Waals surface area contributed by atoms with Gasteiger partial charge in [-0.25, -0.2) is 0 Å². The topological polar surface area (TPSA) is 46.3 Å². The van der Waals surface area contributed by atoms with E-state index in [-0.39, 0.29) is 0 Å². The second-order valence-electron chi connectivity index (χ2n) is 4.13. The van der Waals surface area contributed by atoms with E-state index in [2.05, 4.69) is 36.8 Å². The van der Waals surface area contributed by atoms with Crippen LogP contribution in [0.2, 0.25) is 0 Å². The summed E-state index contributed by atoms with van der Waals surface area (Å²) in [4.78, 5) is 4.33. The summed E-state index contributed by atoms with van der Waals surface area (Å²) in [6, 6.07) is 11.4. The molecule has 0 radical (unpaired) electrons. The van der Waals surface area contributed by atoms with Crippen LogP contribution < -0.4 is 0 Å². The molecule has 0 fully saturated rings. The van der Waals surface area contributed by atoms with Gasteiger partial charge in [0.05, 0.1) is 9.99 Å². The number of fused-ring (bicyclic) bond motifs is 1. The predicted octanol–water partition coefficient (Wildman–Crippen LogP) is 4.43. The monoisotopic (exact) mass is 381 g/mol. The van der Waals surface area contributed by atoms with Gasteiger partial charge in [0.15, 0.2) is 4.67 Å². The number of halogens is 2. The van der Waals surface area contributed by atoms with Gasteiger partial charge in [0, 0.05) is 17.1 Å². The van der Waals surface area contributed by atoms with Gasteiger partial charge in [0.1, 0.15) is 11.9 Å². The number of aromatic nitrogens is 1. The average molecular weight is 383 g/mol. The Kier molecular flexibility index (Phi) is 3.43. The van der Waals surface area contributed by atoms with E-state index >= 15 is 0 Å². The zero-order valence-corrected chi connectivity index (χ0v) is 12.8. The average Bonchev–Trinajstić information content (AvgIpc) is 2.77. The molecule has 0 saturated carbocycles. The van der Waals surface area contributed by atoms with Crippen LogP contribution in [0.1, 0.15) is 17.4 Å². The first-order valence-electron chi connectivity index (χ1n) is 5.62. The summed E-state index contributed by atoms with van der Waals surface area (Å²) in [6.07, 6.45) is 0.830. The molecule has 3 nitrogen and oxygen atoms in total. The van der Waals surface area contributed by atoms with Gasteiger partial charge in [0.25, 0.3) is 0 Å². The van der Waals surface area contributed by atoms with Gasteiger partial charge in [-0.1, -0.05) is 18.2 Å². The molecule has 3 aromatic rings. The molecule has 2 aromatic heterocycles. The number of benzene rings is 1. The molecule has 5 heteroatoms. The first-order valence-corrected chi connectivity index (χ1v) is 7.21. The molecule has 2 heterocycles. The van der Waals surface area contributed by atoms with Crippen molar-refractivity contribution in [2.24, 2.45) is 0 Å². The Bertz CT molecular complexity index is 720. The summed E-state index contributed by atoms with van der Waals surface area (Å²) in [5, 5.41) is 11.3. The van der Waals surface area contributed by atoms with Crippen LogP contribution in [0.4, 0.5) is 0 Å². The fourth-order valence-corrected chi connectivity index (χ4v) is 2.51. The molecule has 0 aliphatic heterocycles. The van der Waals surface area contributed by atoms with Gasteiger partial charge in [-0.15, -0.1) is 0 Å². The first kappa shape index (κ1) is 12.8. The Morgan fingerprint density at radius 2 is 1.95 bits per heavy atom. The van der Waals surface area contributed by atoms with Crippen molar-refractivity contribution >= 4 is 42.8 Å². The van der Waals surface area contributed by atoms with Crippen LogP contribution in [0.3, 0.4) is 0 Å². The number of furan rings is 1. The van der Waals surface area contributed by atoms with Crippen molar-refractivity contribution in [2.45, 2.75) is 6.10 Å². The lowest BCUT2D eigenvalue weighted by atomic mass is 10.1. The van der Waals surface area contributed by atoms with Crippen LogP contribution >= 0.6 is 31.9 Å². The van der Waals surface area contributed by atoms with Gasteiger partial charge >= 0.3 is 0 Å². The Labute approximate surface area is 126 Å². The normalized spacial score (nSPS) is 12.8. The fourth-order valence-electron chi connectivity index (χ4n) is 1.90. The zero-order chi connectivity index (χ0) is 13.4. The Morgan fingerprint density at radius 1 is 1.16 bits per heavy atom. The lowest BCUT2D eigenvalue weighted by molar-refractivity contribution is 0.187. The van der Waals surface area contributed by atoms with E-state index in [0.717, 1.165) is 15.4 Å². The summed E-state index contributed by atoms with van der Waals surface area (Å²) < 4.78 is 6.77. The van der Waals surface area contributed by atoms with Crippen LogP contribution in [-0.4, -0.2) is 10.1 Å². The quantitative estimate of drug-likeness (QED) is 0.712. The van der Waals surface area contributed by atoms with Crippen LogP contribution in [0.25, 0.3) is 10.9 Å². The number of para-hydroxylation sites is 1. The van der Waals surface area contributed by atoms with E-state index in [1.54, 1.807) is 12.3 Å². The minimum absolute atomic E-state index is 0.468. The molecule has 0 aliphatic carbocycles. The summed E-state index contributed by atoms with van der Waals surface area (Å²) in [7, 11) is 0. The van der Waals surface area contributed by atoms with E-state index in [9.17, 15) is 5.11 Å². The molecular weight excluding hydrogens is 374 g/mol. The minimum Gasteiger partial charge on any atom is -0.450 e. The van der Waals surface area contributed by atoms with E-state index in [1.165, 1.54) is 0 Å². The van der Waals surface area contributed by atoms with Crippen LogP contribution in [0.15, 0.2) is 56.2 Å². The highest BCUT2D eigenvalue weighted by molar-refractivity contribution is 9.13. The predicted molar refractivity (Wildman–Crippen MR) is 79.9 cm³/mol. The maximum atomic E-state index is 10.3. The highest BCUT2D eigenvalue weighted by Crippen LogP contribution is 2.32. The number of rotatable bonds is 2. The third kappa shape index (κ3) is 2.45. The Hall–Kier alpha value is -1.17. The van der Waals surface area contributed by atoms with Crippen molar-refractivity contribution in [2.75, 3.05) is 0 Å². The van der Waals surface area contributed by atoms with Crippen molar-refractivity contribution in [1.82, 2.24) is 4.98 Å². The van der Waals surface area contributed by atoms with Gasteiger partial charge < -0.3 is 9.52 Å². The highest BCUT2D eigenvalue weighted by atomic mass is 79.9. The molecule has 0 saturated heterocycles. The molecule has 0 amide bonds. The second-order valence-corrected chi connectivity index (χ2v) is 5.71. The van der Waals surface area contributed by atoms with Crippen LogP contribution in [-0.2, 0) is 0 Å². The fraction of sp³-hybridized carbons (Fsp3) is 0.0714. The Morgan fingerprint density at radius 3 is 2.68 bits per heavy atom. The number of pyridine rings is 1. The van der Waals surface area contributed by atoms with Gasteiger partial charge in [-0.3, -0.25) is 4.98 Å². The summed E-state index contributed by atoms with van der Waals surface area (Å²) in [5.74, 6) is 0.468. The number of aliphatic hydroxyl groups is 1. The maximum absolute atomic E-state index is 10.3. The third-order valence-corrected chi connectivity index (χ3v) is 4.57. The number of hydrogen-bond donors (Lipinski definition) is 1. The lowest BCUT2D eigenvalue weighted by Gasteiger charge is -2.08. The smallest absolute Gasteiger partial charge is 0.183 e. The molecule has 1 aromatic carbocycles. The molecular formula is C14H9Br2NO2. The lowest BCUT2D eigenvalue weighted by Crippen LogP contribution is -1.98. The molecule has 0 spiro atoms. The summed E-state index contributed by atoms with van der Waals surface area (Å²) in [6.45, 7) is 0. The van der Waals surface area contributed by atoms with Crippen molar-refractivity contribution in [3.63, 3.8) is 0 Å². The van der Waals surface area contributed by atoms with E-state index in [0.29, 0.717) is 16.0 Å². The molecule has 96 valence electrons. The standard InChI is InChI=1S/C14H9Br2NO2/c15-10-6-12(19-14(10)16)13(18)9-5-8-3-1-2-4-11(8)17-7-9/h1-7,13,18H. The molecule has 3 rings (SSSR count). The molecule has 1 atom stereocenters. The van der Waals surface area contributed by atoms with E-state index < -0.39 is 6.10 Å². The van der Waals surface area contributed by atoms with Gasteiger partial charge in [-0.05, 0) is 50.1 Å². The van der Waals surface area contributed by atoms with E-state index in [4.69, 9.17) is 4.42 Å². The largest absolute Gasteiger partial charge is 0.450 e. The molecule has 1 N–H and O–H groups in total. The summed E-state index contributed by atoms with van der Waals surface area (Å²) >= 11 is 6.59. The molecule has 1 unspecified atom stereocenters. The van der Waals surface area contributed by atoms with Crippen molar-refractivity contribution in [1.29, 1.82) is 0 Å². The minimum atomic E-state index is -0.834. The van der Waals surface area contributed by atoms with Crippen LogP contribution in [0, 0.1) is 0 Å². The van der Waals surface area contributed by atoms with Crippen LogP contribution in [0.5, 0.6) is 0 Å². The van der Waals surface area contributed by atoms with Crippen molar-refractivity contribution in [3.8, 4) is 0 Å². The maximum Gasteiger partial charge on any atom is 0.183 e. The van der Waals surface area contributed by atoms with Gasteiger partial charge in [0.2, 0.25) is 0 Å². The van der Waals surface area contributed by atoms with Crippen molar-refractivity contribution in [3.05, 3.63) is 63.1 Å². The highest BCUT2D eigenvalue weighted by Gasteiger charge is 2.17. The first-order chi connectivity index (χ1) is 9.15. The second kappa shape index (κ2) is 5.07. The van der Waals surface area contributed by atoms with Crippen molar-refractivity contribution < 1.29 is 9.52 Å². The van der Waals surface area contributed by atoms with Gasteiger partial charge in [-0.2, -0.15) is 0 Å². The molecule has 0 aliphatic rings. The SMILES string of the molecule is OC(c1cnc2ccccc2c1)c1cc(Br)c(Br)o1. The summed E-state index contributed by atoms with van der Waals surface area (Å²) in [5.41, 5.74) is 1.60. The number of hydrogen-bond acceptors (Lipinski definition) is 3. The van der Waals surface area contributed by atoms with E-state index in [1.807, 2.05) is 30.3 Å². The zero-order valence-electron chi connectivity index (χ0n) is 9.68. The number of nitrogens with zero attached hydrogens (tertiary/aromatic N) is 1. The number of aliphatic hydroxyl groups excluding tert-OH is 1. The Balaban J connectivity index is 2.03. The molecule has 0 bridgehead atoms.